The number of rotatable bonds is 2. The van der Waals surface area contributed by atoms with Gasteiger partial charge >= 0.3 is 0 Å². The number of carbonyl (C=O) groups excluding carboxylic acids is 2. The molecule has 5 nitrogen and oxygen atoms in total. The fraction of sp³-hybridized carbons (Fsp3) is 0. The van der Waals surface area contributed by atoms with Gasteiger partial charge in [-0.25, -0.2) is 5.01 Å². The lowest BCUT2D eigenvalue weighted by Gasteiger charge is -2.14. The highest BCUT2D eigenvalue weighted by atomic mass is 79.9. The smallest absolute Gasteiger partial charge is 0.282 e. The third-order valence-corrected chi connectivity index (χ3v) is 4.61. The molecule has 122 valence electrons. The summed E-state index contributed by atoms with van der Waals surface area (Å²) in [4.78, 5) is 24.7. The number of benzene rings is 2. The molecule has 8 heteroatoms. The number of hydrogen-bond donors (Lipinski definition) is 2. The topological polar surface area (TPSA) is 69.6 Å². The Morgan fingerprint density at radius 2 is 1.92 bits per heavy atom. The van der Waals surface area contributed by atoms with E-state index in [2.05, 4.69) is 37.3 Å². The van der Waals surface area contributed by atoms with Crippen molar-refractivity contribution in [3.05, 3.63) is 61.5 Å². The zero-order chi connectivity index (χ0) is 17.4. The normalized spacial score (nSPS) is 16.0. The second-order valence-corrected chi connectivity index (χ2v) is 7.15. The first kappa shape index (κ1) is 17.0. The maximum Gasteiger partial charge on any atom is 0.282 e. The van der Waals surface area contributed by atoms with Crippen molar-refractivity contribution in [1.82, 2.24) is 5.43 Å². The van der Waals surface area contributed by atoms with Gasteiger partial charge in [-0.2, -0.15) is 0 Å². The molecule has 2 N–H and O–H groups in total. The number of nitrogens with zero attached hydrogens (tertiary/aromatic N) is 1. The van der Waals surface area contributed by atoms with Crippen LogP contribution in [0.5, 0.6) is 5.75 Å². The number of carbonyl (C=O) groups is 2. The summed E-state index contributed by atoms with van der Waals surface area (Å²) in [6, 6.07) is 9.83. The molecule has 1 saturated heterocycles. The first-order valence-corrected chi connectivity index (χ1v) is 8.64. The molecule has 0 aromatic heterocycles. The second kappa shape index (κ2) is 6.58. The van der Waals surface area contributed by atoms with Crippen LogP contribution in [0.3, 0.4) is 0 Å². The van der Waals surface area contributed by atoms with Gasteiger partial charge in [0.1, 0.15) is 11.3 Å². The average molecular weight is 473 g/mol. The third kappa shape index (κ3) is 3.19. The van der Waals surface area contributed by atoms with Gasteiger partial charge in [-0.3, -0.25) is 15.0 Å². The third-order valence-electron chi connectivity index (χ3n) is 3.32. The van der Waals surface area contributed by atoms with Gasteiger partial charge in [0, 0.05) is 15.1 Å². The van der Waals surface area contributed by atoms with E-state index in [0.29, 0.717) is 25.2 Å². The number of aromatic hydroxyl groups is 1. The Morgan fingerprint density at radius 3 is 2.62 bits per heavy atom. The van der Waals surface area contributed by atoms with Gasteiger partial charge in [0.2, 0.25) is 0 Å². The van der Waals surface area contributed by atoms with Crippen molar-refractivity contribution in [3.63, 3.8) is 0 Å². The number of hydrogen-bond acceptors (Lipinski definition) is 3. The molecule has 2 amide bonds. The summed E-state index contributed by atoms with van der Waals surface area (Å²) in [6.45, 7) is 0. The van der Waals surface area contributed by atoms with E-state index in [4.69, 9.17) is 11.6 Å². The number of anilines is 1. The van der Waals surface area contributed by atoms with E-state index in [9.17, 15) is 14.7 Å². The molecule has 2 aromatic rings. The Hall–Kier alpha value is -1.83. The lowest BCUT2D eigenvalue weighted by atomic mass is 10.1. The molecule has 0 radical (unpaired) electrons. The minimum Gasteiger partial charge on any atom is -0.506 e. The van der Waals surface area contributed by atoms with Crippen molar-refractivity contribution >= 4 is 67.0 Å². The van der Waals surface area contributed by atoms with E-state index in [1.54, 1.807) is 36.4 Å². The quantitative estimate of drug-likeness (QED) is 0.512. The molecule has 0 atom stereocenters. The standard InChI is InChI=1S/C16H9Br2ClN2O3/c17-9-4-8(14(22)13(18)6-9)5-12-15(23)20-21(16(12)24)11-3-1-2-10(19)7-11/h1-7,22H,(H,20,23). The molecule has 1 aliphatic rings. The van der Waals surface area contributed by atoms with Gasteiger partial charge in [0.25, 0.3) is 11.8 Å². The summed E-state index contributed by atoms with van der Waals surface area (Å²) in [6.07, 6.45) is 1.34. The monoisotopic (exact) mass is 470 g/mol. The van der Waals surface area contributed by atoms with Gasteiger partial charge in [0.05, 0.1) is 10.2 Å². The number of nitrogens with one attached hydrogen (secondary N) is 1. The highest BCUT2D eigenvalue weighted by Crippen LogP contribution is 2.34. The molecule has 2 aromatic carbocycles. The molecule has 1 heterocycles. The maximum absolute atomic E-state index is 12.5. The van der Waals surface area contributed by atoms with Crippen LogP contribution in [0.1, 0.15) is 5.56 Å². The van der Waals surface area contributed by atoms with E-state index in [1.165, 1.54) is 6.08 Å². The van der Waals surface area contributed by atoms with Crippen molar-refractivity contribution in [2.45, 2.75) is 0 Å². The lowest BCUT2D eigenvalue weighted by molar-refractivity contribution is -0.117. The molecule has 0 bridgehead atoms. The summed E-state index contributed by atoms with van der Waals surface area (Å²) in [5, 5.41) is 11.6. The fourth-order valence-electron chi connectivity index (χ4n) is 2.21. The number of hydrazine groups is 1. The summed E-state index contributed by atoms with van der Waals surface area (Å²) in [7, 11) is 0. The Labute approximate surface area is 159 Å². The van der Waals surface area contributed by atoms with E-state index in [1.807, 2.05) is 0 Å². The van der Waals surface area contributed by atoms with E-state index >= 15 is 0 Å². The van der Waals surface area contributed by atoms with Gasteiger partial charge in [0.15, 0.2) is 0 Å². The summed E-state index contributed by atoms with van der Waals surface area (Å²) in [5.74, 6) is -1.15. The van der Waals surface area contributed by atoms with Crippen molar-refractivity contribution in [2.24, 2.45) is 0 Å². The van der Waals surface area contributed by atoms with Crippen LogP contribution in [0, 0.1) is 0 Å². The van der Waals surface area contributed by atoms with Crippen LogP contribution in [0.2, 0.25) is 5.02 Å². The largest absolute Gasteiger partial charge is 0.506 e. The molecule has 1 aliphatic heterocycles. The Balaban J connectivity index is 2.01. The predicted octanol–water partition coefficient (Wildman–Crippen LogP) is 4.03. The predicted molar refractivity (Wildman–Crippen MR) is 98.6 cm³/mol. The fourth-order valence-corrected chi connectivity index (χ4v) is 3.65. The molecule has 0 aliphatic carbocycles. The zero-order valence-electron chi connectivity index (χ0n) is 11.9. The minimum atomic E-state index is -0.560. The van der Waals surface area contributed by atoms with Crippen LogP contribution >= 0.6 is 43.5 Å². The highest BCUT2D eigenvalue weighted by molar-refractivity contribution is 9.11. The number of phenols is 1. The molecule has 0 saturated carbocycles. The van der Waals surface area contributed by atoms with Gasteiger partial charge in [-0.15, -0.1) is 0 Å². The van der Waals surface area contributed by atoms with Crippen molar-refractivity contribution < 1.29 is 14.7 Å². The second-order valence-electron chi connectivity index (χ2n) is 4.94. The number of amides is 2. The number of halogens is 3. The Bertz CT molecular complexity index is 899. The zero-order valence-corrected chi connectivity index (χ0v) is 15.8. The van der Waals surface area contributed by atoms with Crippen molar-refractivity contribution in [3.8, 4) is 5.75 Å². The summed E-state index contributed by atoms with van der Waals surface area (Å²) < 4.78 is 1.14. The molecular formula is C16H9Br2ClN2O3. The highest BCUT2D eigenvalue weighted by Gasteiger charge is 2.34. The van der Waals surface area contributed by atoms with Crippen molar-refractivity contribution in [1.29, 1.82) is 0 Å². The molecule has 0 unspecified atom stereocenters. The lowest BCUT2D eigenvalue weighted by Crippen LogP contribution is -2.35. The van der Waals surface area contributed by atoms with Crippen LogP contribution in [0.25, 0.3) is 6.08 Å². The average Bonchev–Trinajstić information content (AvgIpc) is 2.80. The van der Waals surface area contributed by atoms with Gasteiger partial charge in [-0.1, -0.05) is 33.6 Å². The molecule has 24 heavy (non-hydrogen) atoms. The SMILES string of the molecule is O=C1NN(c2cccc(Cl)c2)C(=O)C1=Cc1cc(Br)cc(Br)c1O. The maximum atomic E-state index is 12.5. The molecule has 1 fully saturated rings. The van der Waals surface area contributed by atoms with E-state index < -0.39 is 11.8 Å². The number of phenolic OH excluding ortho intramolecular Hbond substituents is 1. The first-order valence-electron chi connectivity index (χ1n) is 6.67. The van der Waals surface area contributed by atoms with Crippen LogP contribution in [-0.4, -0.2) is 16.9 Å². The van der Waals surface area contributed by atoms with Crippen LogP contribution in [0.15, 0.2) is 50.9 Å². The van der Waals surface area contributed by atoms with Crippen LogP contribution in [0.4, 0.5) is 5.69 Å². The first-order chi connectivity index (χ1) is 11.4. The molecular weight excluding hydrogens is 463 g/mol. The van der Waals surface area contributed by atoms with Gasteiger partial charge < -0.3 is 5.11 Å². The Morgan fingerprint density at radius 1 is 1.17 bits per heavy atom. The molecule has 0 spiro atoms. The van der Waals surface area contributed by atoms with Crippen LogP contribution in [-0.2, 0) is 9.59 Å². The molecule has 3 rings (SSSR count). The van der Waals surface area contributed by atoms with Crippen LogP contribution < -0.4 is 10.4 Å². The minimum absolute atomic E-state index is 0.0625. The van der Waals surface area contributed by atoms with Gasteiger partial charge in [-0.05, 0) is 52.3 Å². The summed E-state index contributed by atoms with van der Waals surface area (Å²) >= 11 is 12.4. The summed E-state index contributed by atoms with van der Waals surface area (Å²) in [5.41, 5.74) is 3.18. The van der Waals surface area contributed by atoms with Crippen molar-refractivity contribution in [2.75, 3.05) is 5.01 Å². The van der Waals surface area contributed by atoms with E-state index in [-0.39, 0.29) is 11.3 Å². The van der Waals surface area contributed by atoms with E-state index in [0.717, 1.165) is 5.01 Å². The Kier molecular flexibility index (Phi) is 4.67.